The summed E-state index contributed by atoms with van der Waals surface area (Å²) < 4.78 is 7.12. The number of hydrogen-bond acceptors (Lipinski definition) is 5. The number of aromatic nitrogens is 5. The zero-order valence-electron chi connectivity index (χ0n) is 8.84. The van der Waals surface area contributed by atoms with Crippen molar-refractivity contribution < 1.29 is 4.42 Å². The Balaban J connectivity index is 2.21. The smallest absolute Gasteiger partial charge is 0.287 e. The van der Waals surface area contributed by atoms with Crippen molar-refractivity contribution >= 4 is 0 Å². The van der Waals surface area contributed by atoms with Gasteiger partial charge in [0.25, 0.3) is 5.89 Å². The molecule has 0 aliphatic rings. The first-order valence-corrected chi connectivity index (χ1v) is 5.05. The molecule has 0 aliphatic carbocycles. The molecule has 2 aromatic heterocycles. The summed E-state index contributed by atoms with van der Waals surface area (Å²) in [5.74, 6) is 1.49. The summed E-state index contributed by atoms with van der Waals surface area (Å²) in [5, 5.41) is 12.0. The van der Waals surface area contributed by atoms with Gasteiger partial charge in [0.15, 0.2) is 0 Å². The van der Waals surface area contributed by atoms with Gasteiger partial charge in [-0.15, -0.1) is 15.3 Å². The topological polar surface area (TPSA) is 69.6 Å². The van der Waals surface area contributed by atoms with Crippen molar-refractivity contribution in [2.24, 2.45) is 0 Å². The van der Waals surface area contributed by atoms with Gasteiger partial charge in [-0.1, -0.05) is 13.8 Å². The molecule has 2 aromatic rings. The Bertz CT molecular complexity index is 433. The lowest BCUT2D eigenvalue weighted by molar-refractivity contribution is 0.507. The summed E-state index contributed by atoms with van der Waals surface area (Å²) in [6.07, 6.45) is 3.42. The van der Waals surface area contributed by atoms with Gasteiger partial charge in [0.2, 0.25) is 11.7 Å². The zero-order valence-corrected chi connectivity index (χ0v) is 8.84. The minimum absolute atomic E-state index is 0.390. The molecule has 0 bridgehead atoms. The molecule has 0 unspecified atom stereocenters. The van der Waals surface area contributed by atoms with Crippen LogP contribution in [0.15, 0.2) is 10.7 Å². The Labute approximate surface area is 87.3 Å². The molecule has 0 saturated carbocycles. The Kier molecular flexibility index (Phi) is 2.75. The Hall–Kier alpha value is -1.72. The SMILES string of the molecule is CCCn1cnc(-c2nnc(CC)o2)n1. The van der Waals surface area contributed by atoms with Crippen molar-refractivity contribution in [3.63, 3.8) is 0 Å². The largest absolute Gasteiger partial charge is 0.418 e. The quantitative estimate of drug-likeness (QED) is 0.755. The first kappa shape index (κ1) is 9.82. The highest BCUT2D eigenvalue weighted by molar-refractivity contribution is 5.37. The Morgan fingerprint density at radius 2 is 2.20 bits per heavy atom. The average molecular weight is 207 g/mol. The predicted octanol–water partition coefficient (Wildman–Crippen LogP) is 1.30. The van der Waals surface area contributed by atoms with E-state index >= 15 is 0 Å². The third-order valence-electron chi connectivity index (χ3n) is 1.95. The van der Waals surface area contributed by atoms with Crippen LogP contribution in [0.25, 0.3) is 11.7 Å². The highest BCUT2D eigenvalue weighted by Crippen LogP contribution is 2.12. The van der Waals surface area contributed by atoms with E-state index in [-0.39, 0.29) is 0 Å². The molecule has 0 aromatic carbocycles. The normalized spacial score (nSPS) is 10.8. The monoisotopic (exact) mass is 207 g/mol. The molecule has 0 spiro atoms. The van der Waals surface area contributed by atoms with E-state index in [1.807, 2.05) is 6.92 Å². The van der Waals surface area contributed by atoms with Gasteiger partial charge in [-0.05, 0) is 6.42 Å². The van der Waals surface area contributed by atoms with E-state index < -0.39 is 0 Å². The third kappa shape index (κ3) is 2.03. The summed E-state index contributed by atoms with van der Waals surface area (Å²) >= 11 is 0. The maximum absolute atomic E-state index is 5.35. The van der Waals surface area contributed by atoms with Crippen LogP contribution in [0.3, 0.4) is 0 Å². The van der Waals surface area contributed by atoms with Crippen molar-refractivity contribution in [2.75, 3.05) is 0 Å². The minimum atomic E-state index is 0.390. The molecular formula is C9H13N5O. The second-order valence-electron chi connectivity index (χ2n) is 3.19. The van der Waals surface area contributed by atoms with Crippen LogP contribution in [-0.2, 0) is 13.0 Å². The fourth-order valence-electron chi connectivity index (χ4n) is 1.22. The van der Waals surface area contributed by atoms with Crippen LogP contribution in [0.1, 0.15) is 26.2 Å². The van der Waals surface area contributed by atoms with Crippen molar-refractivity contribution in [2.45, 2.75) is 33.2 Å². The molecule has 2 rings (SSSR count). The fourth-order valence-corrected chi connectivity index (χ4v) is 1.22. The summed E-state index contributed by atoms with van der Waals surface area (Å²) in [6, 6.07) is 0. The van der Waals surface area contributed by atoms with Crippen LogP contribution in [-0.4, -0.2) is 25.0 Å². The molecule has 80 valence electrons. The van der Waals surface area contributed by atoms with Gasteiger partial charge in [0.1, 0.15) is 6.33 Å². The minimum Gasteiger partial charge on any atom is -0.418 e. The first-order chi connectivity index (χ1) is 7.33. The van der Waals surface area contributed by atoms with Crippen LogP contribution in [0.5, 0.6) is 0 Å². The number of rotatable bonds is 4. The van der Waals surface area contributed by atoms with Crippen LogP contribution < -0.4 is 0 Å². The highest BCUT2D eigenvalue weighted by Gasteiger charge is 2.11. The van der Waals surface area contributed by atoms with Gasteiger partial charge >= 0.3 is 0 Å². The van der Waals surface area contributed by atoms with Crippen molar-refractivity contribution in [3.05, 3.63) is 12.2 Å². The van der Waals surface area contributed by atoms with Crippen molar-refractivity contribution in [1.82, 2.24) is 25.0 Å². The summed E-state index contributed by atoms with van der Waals surface area (Å²) in [7, 11) is 0. The lowest BCUT2D eigenvalue weighted by Gasteiger charge is -1.92. The zero-order chi connectivity index (χ0) is 10.7. The molecule has 6 heteroatoms. The molecule has 0 radical (unpaired) electrons. The molecule has 0 atom stereocenters. The van der Waals surface area contributed by atoms with Gasteiger partial charge in [0.05, 0.1) is 0 Å². The number of aryl methyl sites for hydroxylation is 2. The molecule has 0 aliphatic heterocycles. The second kappa shape index (κ2) is 4.20. The number of hydrogen-bond donors (Lipinski definition) is 0. The highest BCUT2D eigenvalue weighted by atomic mass is 16.4. The van der Waals surface area contributed by atoms with Crippen molar-refractivity contribution in [3.8, 4) is 11.7 Å². The second-order valence-corrected chi connectivity index (χ2v) is 3.19. The molecule has 0 fully saturated rings. The predicted molar refractivity (Wildman–Crippen MR) is 53.0 cm³/mol. The molecule has 0 amide bonds. The lowest BCUT2D eigenvalue weighted by atomic mass is 10.5. The lowest BCUT2D eigenvalue weighted by Crippen LogP contribution is -1.96. The van der Waals surface area contributed by atoms with Gasteiger partial charge < -0.3 is 4.42 Å². The van der Waals surface area contributed by atoms with Crippen LogP contribution >= 0.6 is 0 Å². The van der Waals surface area contributed by atoms with E-state index in [0.29, 0.717) is 17.6 Å². The fraction of sp³-hybridized carbons (Fsp3) is 0.556. The van der Waals surface area contributed by atoms with E-state index in [1.165, 1.54) is 0 Å². The Morgan fingerprint density at radius 3 is 2.87 bits per heavy atom. The third-order valence-corrected chi connectivity index (χ3v) is 1.95. The van der Waals surface area contributed by atoms with Crippen LogP contribution in [0, 0.1) is 0 Å². The number of nitrogens with zero attached hydrogens (tertiary/aromatic N) is 5. The summed E-state index contributed by atoms with van der Waals surface area (Å²) in [5.41, 5.74) is 0. The van der Waals surface area contributed by atoms with Gasteiger partial charge in [-0.2, -0.15) is 0 Å². The molecule has 15 heavy (non-hydrogen) atoms. The standard InChI is InChI=1S/C9H13N5O/c1-3-5-14-6-10-8(13-14)9-12-11-7(4-2)15-9/h6H,3-5H2,1-2H3. The van der Waals surface area contributed by atoms with Gasteiger partial charge in [0, 0.05) is 13.0 Å². The van der Waals surface area contributed by atoms with E-state index in [4.69, 9.17) is 4.42 Å². The van der Waals surface area contributed by atoms with Crippen LogP contribution in [0.2, 0.25) is 0 Å². The summed E-state index contributed by atoms with van der Waals surface area (Å²) in [4.78, 5) is 4.11. The molecule has 0 N–H and O–H groups in total. The van der Waals surface area contributed by atoms with E-state index in [1.54, 1.807) is 11.0 Å². The average Bonchev–Trinajstić information content (AvgIpc) is 2.85. The van der Waals surface area contributed by atoms with E-state index in [2.05, 4.69) is 27.2 Å². The summed E-state index contributed by atoms with van der Waals surface area (Å²) in [6.45, 7) is 4.89. The first-order valence-electron chi connectivity index (χ1n) is 5.05. The van der Waals surface area contributed by atoms with E-state index in [9.17, 15) is 0 Å². The van der Waals surface area contributed by atoms with E-state index in [0.717, 1.165) is 19.4 Å². The van der Waals surface area contributed by atoms with Crippen molar-refractivity contribution in [1.29, 1.82) is 0 Å². The molecule has 0 saturated heterocycles. The molecule has 6 nitrogen and oxygen atoms in total. The Morgan fingerprint density at radius 1 is 1.33 bits per heavy atom. The molecular weight excluding hydrogens is 194 g/mol. The van der Waals surface area contributed by atoms with Gasteiger partial charge in [-0.25, -0.2) is 4.98 Å². The van der Waals surface area contributed by atoms with Gasteiger partial charge in [-0.3, -0.25) is 4.68 Å². The maximum atomic E-state index is 5.35. The molecule has 2 heterocycles. The van der Waals surface area contributed by atoms with Crippen LogP contribution in [0.4, 0.5) is 0 Å². The maximum Gasteiger partial charge on any atom is 0.287 e.